The molecule has 18 heteroatoms. The molecular formula is C38H33N7O7S4. The number of anilines is 1. The number of β-lactam (4-membered cyclic amide) rings is 1. The first-order valence-electron chi connectivity index (χ1n) is 17.0. The Labute approximate surface area is 337 Å². The van der Waals surface area contributed by atoms with Crippen LogP contribution in [0.4, 0.5) is 5.13 Å². The Morgan fingerprint density at radius 3 is 2.18 bits per heavy atom. The number of thiazole rings is 1. The zero-order chi connectivity index (χ0) is 39.1. The van der Waals surface area contributed by atoms with E-state index in [4.69, 9.17) is 19.3 Å². The second kappa shape index (κ2) is 17.5. The zero-order valence-electron chi connectivity index (χ0n) is 29.8. The van der Waals surface area contributed by atoms with Gasteiger partial charge in [-0.3, -0.25) is 19.3 Å². The fraction of sp³-hybridized carbons (Fsp3) is 0.211. The summed E-state index contributed by atoms with van der Waals surface area (Å²) in [4.78, 5) is 63.5. The van der Waals surface area contributed by atoms with E-state index >= 15 is 0 Å². The largest absolute Gasteiger partial charge is 0.428 e. The number of oxime groups is 1. The van der Waals surface area contributed by atoms with Crippen LogP contribution in [0.25, 0.3) is 0 Å². The maximum atomic E-state index is 13.9. The average molecular weight is 828 g/mol. The molecule has 5 aromatic rings. The van der Waals surface area contributed by atoms with Gasteiger partial charge in [-0.1, -0.05) is 101 Å². The van der Waals surface area contributed by atoms with Crippen molar-refractivity contribution in [3.63, 3.8) is 0 Å². The van der Waals surface area contributed by atoms with E-state index in [0.717, 1.165) is 20.9 Å². The van der Waals surface area contributed by atoms with Crippen molar-refractivity contribution in [3.8, 4) is 0 Å². The van der Waals surface area contributed by atoms with Gasteiger partial charge in [0.15, 0.2) is 10.8 Å². The smallest absolute Gasteiger partial charge is 0.357 e. The number of nitrogens with one attached hydrogen (secondary N) is 2. The Bertz CT molecular complexity index is 2160. The van der Waals surface area contributed by atoms with Gasteiger partial charge in [-0.2, -0.15) is 0 Å². The summed E-state index contributed by atoms with van der Waals surface area (Å²) in [6.45, 7) is 0.580. The van der Waals surface area contributed by atoms with Crippen molar-refractivity contribution in [1.82, 2.24) is 24.8 Å². The normalized spacial score (nSPS) is 16.7. The molecule has 2 amide bonds. The second-order valence-electron chi connectivity index (χ2n) is 12.2. The van der Waals surface area contributed by atoms with Crippen molar-refractivity contribution in [2.75, 3.05) is 30.7 Å². The van der Waals surface area contributed by atoms with E-state index in [2.05, 4.69) is 61.8 Å². The molecule has 4 heterocycles. The SMILES string of the molecule is CO/N=C(\C(=O)N[C@@H]1C(=O)N2C(C(=O)OCOC(C)=O)=C(CSc3cnns3)CS[C@@H]12)c1csc(NC(c2ccccc2)(c2ccccc2)c2ccccc2)n1. The van der Waals surface area contributed by atoms with Gasteiger partial charge in [0, 0.05) is 23.8 Å². The third kappa shape index (κ3) is 8.04. The van der Waals surface area contributed by atoms with Gasteiger partial charge in [-0.25, -0.2) is 9.78 Å². The Morgan fingerprint density at radius 1 is 0.964 bits per heavy atom. The molecule has 14 nitrogen and oxygen atoms in total. The molecule has 2 aliphatic heterocycles. The lowest BCUT2D eigenvalue weighted by molar-refractivity contribution is -0.166. The Balaban J connectivity index is 1.13. The predicted molar refractivity (Wildman–Crippen MR) is 214 cm³/mol. The van der Waals surface area contributed by atoms with E-state index in [1.165, 1.54) is 65.3 Å². The van der Waals surface area contributed by atoms with Crippen molar-refractivity contribution >= 4 is 81.0 Å². The van der Waals surface area contributed by atoms with Gasteiger partial charge in [0.05, 0.1) is 6.20 Å². The minimum atomic E-state index is -0.996. The van der Waals surface area contributed by atoms with Gasteiger partial charge in [-0.15, -0.1) is 40.0 Å². The number of carbonyl (C=O) groups is 4. The Morgan fingerprint density at radius 2 is 1.61 bits per heavy atom. The summed E-state index contributed by atoms with van der Waals surface area (Å²) in [5.74, 6) is -1.94. The second-order valence-corrected chi connectivity index (χ2v) is 16.2. The maximum absolute atomic E-state index is 13.9. The van der Waals surface area contributed by atoms with Crippen LogP contribution in [0.3, 0.4) is 0 Å². The van der Waals surface area contributed by atoms with Crippen molar-refractivity contribution in [2.45, 2.75) is 28.1 Å². The number of hydrogen-bond donors (Lipinski definition) is 2. The highest BCUT2D eigenvalue weighted by molar-refractivity contribution is 8.01. The van der Waals surface area contributed by atoms with E-state index in [-0.39, 0.29) is 17.1 Å². The first-order valence-corrected chi connectivity index (χ1v) is 20.7. The lowest BCUT2D eigenvalue weighted by Crippen LogP contribution is -2.71. The van der Waals surface area contributed by atoms with Crippen LogP contribution in [0.2, 0.25) is 0 Å². The number of hydrogen-bond acceptors (Lipinski definition) is 16. The van der Waals surface area contributed by atoms with E-state index < -0.39 is 47.5 Å². The highest BCUT2D eigenvalue weighted by Gasteiger charge is 2.55. The van der Waals surface area contributed by atoms with Crippen molar-refractivity contribution in [1.29, 1.82) is 0 Å². The van der Waals surface area contributed by atoms with Crippen LogP contribution in [-0.4, -0.2) is 85.8 Å². The standard InChI is InChI=1S/C38H33N7O7S4/c1-23(46)51-22-52-36(49)32-24(19-53-29-18-39-44-56-29)20-54-35-31(34(48)45(32)35)41-33(47)30(43-50-2)28-21-55-37(40-28)42-38(25-12-6-3-7-13-25,26-14-8-4-9-15-26)27-16-10-5-11-17-27/h3-18,21,31,35H,19-20,22H2,1-2H3,(H,40,42)(H,41,47)/b43-30-/t31-,35+/m1/s1. The Kier molecular flexibility index (Phi) is 12.1. The van der Waals surface area contributed by atoms with Gasteiger partial charge in [0.2, 0.25) is 6.79 Å². The summed E-state index contributed by atoms with van der Waals surface area (Å²) in [5.41, 5.74) is 2.83. The molecule has 0 radical (unpaired) electrons. The molecular weight excluding hydrogens is 795 g/mol. The van der Waals surface area contributed by atoms with E-state index in [9.17, 15) is 19.2 Å². The number of rotatable bonds is 15. The van der Waals surface area contributed by atoms with Crippen LogP contribution in [0.15, 0.2) is 123 Å². The van der Waals surface area contributed by atoms with Crippen LogP contribution < -0.4 is 10.6 Å². The molecule has 1 saturated heterocycles. The van der Waals surface area contributed by atoms with E-state index in [1.807, 2.05) is 54.6 Å². The van der Waals surface area contributed by atoms with Gasteiger partial charge < -0.3 is 24.9 Å². The molecule has 0 unspecified atom stereocenters. The highest BCUT2D eigenvalue weighted by Crippen LogP contribution is 2.43. The van der Waals surface area contributed by atoms with E-state index in [1.54, 1.807) is 11.6 Å². The van der Waals surface area contributed by atoms with Gasteiger partial charge in [0.25, 0.3) is 11.8 Å². The first kappa shape index (κ1) is 38.7. The predicted octanol–water partition coefficient (Wildman–Crippen LogP) is 5.26. The number of aromatic nitrogens is 3. The molecule has 3 aromatic carbocycles. The number of esters is 2. The van der Waals surface area contributed by atoms with Gasteiger partial charge >= 0.3 is 11.9 Å². The molecule has 56 heavy (non-hydrogen) atoms. The number of nitrogens with zero attached hydrogens (tertiary/aromatic N) is 5. The molecule has 7 rings (SSSR count). The van der Waals surface area contributed by atoms with Gasteiger partial charge in [0.1, 0.15) is 39.7 Å². The fourth-order valence-corrected chi connectivity index (χ4v) is 9.94. The molecule has 0 aliphatic carbocycles. The lowest BCUT2D eigenvalue weighted by Gasteiger charge is -2.49. The topological polar surface area (TPSA) is 174 Å². The molecule has 0 saturated carbocycles. The molecule has 2 atom stereocenters. The number of carbonyl (C=O) groups excluding carboxylic acids is 4. The molecule has 2 N–H and O–H groups in total. The summed E-state index contributed by atoms with van der Waals surface area (Å²) in [7, 11) is 1.32. The van der Waals surface area contributed by atoms with Crippen molar-refractivity contribution in [3.05, 3.63) is 136 Å². The quantitative estimate of drug-likeness (QED) is 0.0267. The third-order valence-electron chi connectivity index (χ3n) is 8.77. The van der Waals surface area contributed by atoms with Crippen LogP contribution in [0, 0.1) is 0 Å². The zero-order valence-corrected chi connectivity index (χ0v) is 33.1. The minimum absolute atomic E-state index is 0.0427. The molecule has 0 spiro atoms. The first-order chi connectivity index (χ1) is 27.3. The highest BCUT2D eigenvalue weighted by atomic mass is 32.2. The number of benzene rings is 3. The maximum Gasteiger partial charge on any atom is 0.357 e. The van der Waals surface area contributed by atoms with Crippen LogP contribution >= 0.6 is 46.4 Å². The molecule has 286 valence electrons. The Hall–Kier alpha value is -5.56. The van der Waals surface area contributed by atoms with Crippen molar-refractivity contribution in [2.24, 2.45) is 5.16 Å². The molecule has 0 bridgehead atoms. The van der Waals surface area contributed by atoms with E-state index in [0.29, 0.717) is 22.2 Å². The third-order valence-corrected chi connectivity index (χ3v) is 12.8. The fourth-order valence-electron chi connectivity index (χ4n) is 6.28. The number of thioether (sulfide) groups is 2. The summed E-state index contributed by atoms with van der Waals surface area (Å²) < 4.78 is 14.7. The summed E-state index contributed by atoms with van der Waals surface area (Å²) >= 11 is 5.30. The summed E-state index contributed by atoms with van der Waals surface area (Å²) in [5, 5.41) is 15.9. The molecule has 2 aliphatic rings. The molecule has 1 fully saturated rings. The lowest BCUT2D eigenvalue weighted by atomic mass is 9.77. The summed E-state index contributed by atoms with van der Waals surface area (Å²) in [6.07, 6.45) is 1.61. The average Bonchev–Trinajstić information content (AvgIpc) is 3.93. The van der Waals surface area contributed by atoms with Crippen LogP contribution in [0.5, 0.6) is 0 Å². The number of ether oxygens (including phenoxy) is 2. The monoisotopic (exact) mass is 827 g/mol. The summed E-state index contributed by atoms with van der Waals surface area (Å²) in [6, 6.07) is 29.1. The van der Waals surface area contributed by atoms with Crippen LogP contribution in [-0.2, 0) is 39.0 Å². The van der Waals surface area contributed by atoms with Crippen molar-refractivity contribution < 1.29 is 33.5 Å². The van der Waals surface area contributed by atoms with Crippen LogP contribution in [0.1, 0.15) is 29.3 Å². The van der Waals surface area contributed by atoms with Gasteiger partial charge in [-0.05, 0) is 33.8 Å². The number of amides is 2. The molecule has 2 aromatic heterocycles. The number of fused-ring (bicyclic) bond motifs is 1. The minimum Gasteiger partial charge on any atom is -0.428 e.